The van der Waals surface area contributed by atoms with Crippen LogP contribution in [0, 0.1) is 11.3 Å². The Labute approximate surface area is 120 Å². The molecule has 1 saturated carbocycles. The van der Waals surface area contributed by atoms with Crippen molar-refractivity contribution in [2.24, 2.45) is 11.3 Å². The van der Waals surface area contributed by atoms with E-state index in [1.54, 1.807) is 0 Å². The van der Waals surface area contributed by atoms with E-state index in [-0.39, 0.29) is 11.3 Å². The van der Waals surface area contributed by atoms with Gasteiger partial charge in [-0.1, -0.05) is 55.5 Å². The van der Waals surface area contributed by atoms with Crippen LogP contribution in [0.1, 0.15) is 65.2 Å². The molecule has 0 aromatic carbocycles. The predicted molar refractivity (Wildman–Crippen MR) is 81.0 cm³/mol. The Balaban J connectivity index is 2.30. The Bertz CT molecular complexity index is 245. The molecule has 1 aliphatic rings. The highest BCUT2D eigenvalue weighted by atomic mass is 79.9. The smallest absolute Gasteiger partial charge is 0.223 e. The first-order valence-electron chi connectivity index (χ1n) is 7.39. The third kappa shape index (κ3) is 6.21. The van der Waals surface area contributed by atoms with E-state index in [4.69, 9.17) is 0 Å². The van der Waals surface area contributed by atoms with Crippen molar-refractivity contribution in [3.05, 3.63) is 0 Å². The summed E-state index contributed by atoms with van der Waals surface area (Å²) in [6, 6.07) is 0. The molecular weight excluding hydrogens is 290 g/mol. The quantitative estimate of drug-likeness (QED) is 0.575. The van der Waals surface area contributed by atoms with Gasteiger partial charge in [-0.25, -0.2) is 0 Å². The van der Waals surface area contributed by atoms with Crippen LogP contribution in [-0.2, 0) is 4.79 Å². The largest absolute Gasteiger partial charge is 0.355 e. The summed E-state index contributed by atoms with van der Waals surface area (Å²) in [6.45, 7) is 5.29. The molecule has 1 N–H and O–H groups in total. The van der Waals surface area contributed by atoms with E-state index in [9.17, 15) is 4.79 Å². The average Bonchev–Trinajstić information content (AvgIpc) is 2.62. The summed E-state index contributed by atoms with van der Waals surface area (Å²) in [4.78, 5) is 12.2. The molecule has 0 radical (unpaired) electrons. The Hall–Kier alpha value is -0.0500. The van der Waals surface area contributed by atoms with Crippen LogP contribution >= 0.6 is 15.9 Å². The van der Waals surface area contributed by atoms with Gasteiger partial charge in [-0.05, 0) is 31.1 Å². The maximum atomic E-state index is 12.2. The number of carbonyl (C=O) groups is 1. The SMILES string of the molecule is CC(C)(CCCBr)CNC(=O)C1CCCCCC1. The van der Waals surface area contributed by atoms with Crippen molar-refractivity contribution in [2.75, 3.05) is 11.9 Å². The van der Waals surface area contributed by atoms with Crippen LogP contribution in [0.15, 0.2) is 0 Å². The maximum Gasteiger partial charge on any atom is 0.223 e. The molecule has 1 rings (SSSR count). The molecule has 0 unspecified atom stereocenters. The van der Waals surface area contributed by atoms with E-state index >= 15 is 0 Å². The fraction of sp³-hybridized carbons (Fsp3) is 0.933. The van der Waals surface area contributed by atoms with Crippen LogP contribution in [0.4, 0.5) is 0 Å². The Morgan fingerprint density at radius 3 is 2.39 bits per heavy atom. The fourth-order valence-corrected chi connectivity index (χ4v) is 2.93. The van der Waals surface area contributed by atoms with E-state index in [1.165, 1.54) is 32.1 Å². The summed E-state index contributed by atoms with van der Waals surface area (Å²) in [5, 5.41) is 4.22. The molecule has 0 aromatic rings. The van der Waals surface area contributed by atoms with Gasteiger partial charge < -0.3 is 5.32 Å². The monoisotopic (exact) mass is 317 g/mol. The van der Waals surface area contributed by atoms with E-state index in [0.717, 1.165) is 31.1 Å². The molecule has 0 aromatic heterocycles. The normalized spacial score (nSPS) is 18.4. The van der Waals surface area contributed by atoms with Gasteiger partial charge in [-0.15, -0.1) is 0 Å². The zero-order valence-electron chi connectivity index (χ0n) is 11.9. The van der Waals surface area contributed by atoms with Gasteiger partial charge in [-0.3, -0.25) is 4.79 Å². The molecule has 0 atom stereocenters. The van der Waals surface area contributed by atoms with Crippen LogP contribution in [-0.4, -0.2) is 17.8 Å². The second-order valence-corrected chi connectivity index (χ2v) is 7.16. The van der Waals surface area contributed by atoms with Crippen molar-refractivity contribution in [3.63, 3.8) is 0 Å². The second kappa shape index (κ2) is 8.19. The van der Waals surface area contributed by atoms with Crippen LogP contribution in [0.2, 0.25) is 0 Å². The number of hydrogen-bond acceptors (Lipinski definition) is 1. The molecular formula is C15H28BrNO. The van der Waals surface area contributed by atoms with Crippen molar-refractivity contribution in [3.8, 4) is 0 Å². The van der Waals surface area contributed by atoms with Crippen LogP contribution in [0.5, 0.6) is 0 Å². The van der Waals surface area contributed by atoms with Gasteiger partial charge in [0.15, 0.2) is 0 Å². The lowest BCUT2D eigenvalue weighted by Crippen LogP contribution is -2.37. The molecule has 3 heteroatoms. The topological polar surface area (TPSA) is 29.1 Å². The highest BCUT2D eigenvalue weighted by Crippen LogP contribution is 2.25. The van der Waals surface area contributed by atoms with Crippen molar-refractivity contribution < 1.29 is 4.79 Å². The van der Waals surface area contributed by atoms with Gasteiger partial charge in [0.1, 0.15) is 0 Å². The summed E-state index contributed by atoms with van der Waals surface area (Å²) in [6.07, 6.45) is 9.58. The van der Waals surface area contributed by atoms with Crippen LogP contribution in [0.25, 0.3) is 0 Å². The minimum Gasteiger partial charge on any atom is -0.355 e. The van der Waals surface area contributed by atoms with Gasteiger partial charge in [0.05, 0.1) is 0 Å². The van der Waals surface area contributed by atoms with E-state index < -0.39 is 0 Å². The molecule has 2 nitrogen and oxygen atoms in total. The lowest BCUT2D eigenvalue weighted by atomic mass is 9.87. The summed E-state index contributed by atoms with van der Waals surface area (Å²) < 4.78 is 0. The number of halogens is 1. The molecule has 0 saturated heterocycles. The molecule has 1 aliphatic carbocycles. The highest BCUT2D eigenvalue weighted by molar-refractivity contribution is 9.09. The summed E-state index contributed by atoms with van der Waals surface area (Å²) in [5.41, 5.74) is 0.216. The van der Waals surface area contributed by atoms with Crippen molar-refractivity contribution in [1.29, 1.82) is 0 Å². The number of rotatable bonds is 6. The maximum absolute atomic E-state index is 12.2. The molecule has 0 bridgehead atoms. The average molecular weight is 318 g/mol. The Morgan fingerprint density at radius 2 is 1.83 bits per heavy atom. The van der Waals surface area contributed by atoms with Crippen molar-refractivity contribution in [2.45, 2.75) is 65.2 Å². The lowest BCUT2D eigenvalue weighted by molar-refractivity contribution is -0.125. The van der Waals surface area contributed by atoms with Crippen molar-refractivity contribution >= 4 is 21.8 Å². The Kier molecular flexibility index (Phi) is 7.28. The fourth-order valence-electron chi connectivity index (χ4n) is 2.65. The van der Waals surface area contributed by atoms with Crippen LogP contribution < -0.4 is 5.32 Å². The number of amides is 1. The predicted octanol–water partition coefficient (Wildman–Crippen LogP) is 4.27. The zero-order valence-corrected chi connectivity index (χ0v) is 13.5. The third-order valence-corrected chi connectivity index (χ3v) is 4.52. The highest BCUT2D eigenvalue weighted by Gasteiger charge is 2.23. The zero-order chi connectivity index (χ0) is 13.4. The van der Waals surface area contributed by atoms with Gasteiger partial charge >= 0.3 is 0 Å². The number of alkyl halides is 1. The van der Waals surface area contributed by atoms with E-state index in [1.807, 2.05) is 0 Å². The standard InChI is InChI=1S/C15H28BrNO/c1-15(2,10-7-11-16)12-17-14(18)13-8-5-3-4-6-9-13/h13H,3-12H2,1-2H3,(H,17,18). The van der Waals surface area contributed by atoms with Crippen molar-refractivity contribution in [1.82, 2.24) is 5.32 Å². The lowest BCUT2D eigenvalue weighted by Gasteiger charge is -2.26. The molecule has 0 spiro atoms. The third-order valence-electron chi connectivity index (χ3n) is 3.95. The molecule has 106 valence electrons. The van der Waals surface area contributed by atoms with Crippen LogP contribution in [0.3, 0.4) is 0 Å². The second-order valence-electron chi connectivity index (χ2n) is 6.36. The van der Waals surface area contributed by atoms with Gasteiger partial charge in [0, 0.05) is 17.8 Å². The minimum atomic E-state index is 0.216. The Morgan fingerprint density at radius 1 is 1.22 bits per heavy atom. The number of nitrogens with one attached hydrogen (secondary N) is 1. The summed E-state index contributed by atoms with van der Waals surface area (Å²) in [5.74, 6) is 0.572. The summed E-state index contributed by atoms with van der Waals surface area (Å²) in [7, 11) is 0. The molecule has 1 amide bonds. The number of carbonyl (C=O) groups excluding carboxylic acids is 1. The first-order valence-corrected chi connectivity index (χ1v) is 8.51. The summed E-state index contributed by atoms with van der Waals surface area (Å²) >= 11 is 3.47. The van der Waals surface area contributed by atoms with E-state index in [2.05, 4.69) is 35.1 Å². The van der Waals surface area contributed by atoms with Gasteiger partial charge in [0.25, 0.3) is 0 Å². The first-order chi connectivity index (χ1) is 8.55. The molecule has 0 heterocycles. The molecule has 18 heavy (non-hydrogen) atoms. The molecule has 0 aliphatic heterocycles. The number of hydrogen-bond donors (Lipinski definition) is 1. The van der Waals surface area contributed by atoms with Gasteiger partial charge in [-0.2, -0.15) is 0 Å². The minimum absolute atomic E-state index is 0.216. The van der Waals surface area contributed by atoms with Gasteiger partial charge in [0.2, 0.25) is 5.91 Å². The molecule has 1 fully saturated rings. The van der Waals surface area contributed by atoms with E-state index in [0.29, 0.717) is 5.91 Å². The first kappa shape index (κ1) is 16.0.